The van der Waals surface area contributed by atoms with E-state index in [1.807, 2.05) is 29.4 Å². The van der Waals surface area contributed by atoms with Crippen molar-refractivity contribution in [2.24, 2.45) is 11.8 Å². The number of halogens is 6. The number of amides is 1. The van der Waals surface area contributed by atoms with Crippen LogP contribution in [0.5, 0.6) is 0 Å². The quantitative estimate of drug-likeness (QED) is 0.585. The van der Waals surface area contributed by atoms with Gasteiger partial charge in [-0.15, -0.1) is 0 Å². The van der Waals surface area contributed by atoms with E-state index < -0.39 is 24.3 Å². The van der Waals surface area contributed by atoms with Crippen LogP contribution in [0.25, 0.3) is 0 Å². The molecule has 0 spiro atoms. The van der Waals surface area contributed by atoms with Crippen molar-refractivity contribution in [3.05, 3.63) is 30.1 Å². The number of carbonyl (C=O) groups excluding carboxylic acids is 1. The summed E-state index contributed by atoms with van der Waals surface area (Å²) in [5.41, 5.74) is 1.27. The maximum atomic E-state index is 12.3. The van der Waals surface area contributed by atoms with Crippen LogP contribution in [0.15, 0.2) is 24.5 Å². The third-order valence-corrected chi connectivity index (χ3v) is 4.81. The van der Waals surface area contributed by atoms with Crippen molar-refractivity contribution in [2.75, 3.05) is 39.9 Å². The zero-order valence-electron chi connectivity index (χ0n) is 17.8. The summed E-state index contributed by atoms with van der Waals surface area (Å²) < 4.78 is 68.5. The molecule has 2 aliphatic rings. The molecule has 9 nitrogen and oxygen atoms in total. The molecular weight excluding hydrogens is 480 g/mol. The summed E-state index contributed by atoms with van der Waals surface area (Å²) in [4.78, 5) is 38.5. The lowest BCUT2D eigenvalue weighted by atomic mass is 10.0. The van der Waals surface area contributed by atoms with Crippen LogP contribution in [0, 0.1) is 11.8 Å². The van der Waals surface area contributed by atoms with Gasteiger partial charge in [-0.05, 0) is 17.7 Å². The van der Waals surface area contributed by atoms with E-state index in [0.29, 0.717) is 18.4 Å². The van der Waals surface area contributed by atoms with Crippen LogP contribution in [-0.4, -0.2) is 95.1 Å². The zero-order chi connectivity index (χ0) is 26.1. The Morgan fingerprint density at radius 2 is 1.53 bits per heavy atom. The van der Waals surface area contributed by atoms with Crippen LogP contribution in [0.3, 0.4) is 0 Å². The van der Waals surface area contributed by atoms with Gasteiger partial charge >= 0.3 is 24.3 Å². The molecule has 0 unspecified atom stereocenters. The second kappa shape index (κ2) is 12.5. The average Bonchev–Trinajstić information content (AvgIpc) is 3.25. The Kier molecular flexibility index (Phi) is 10.7. The van der Waals surface area contributed by atoms with E-state index in [9.17, 15) is 31.1 Å². The Hall–Kier alpha value is -2.94. The summed E-state index contributed by atoms with van der Waals surface area (Å²) in [6, 6.07) is 4.08. The number of hydrogen-bond acceptors (Lipinski definition) is 6. The first-order valence-electron chi connectivity index (χ1n) is 9.66. The number of rotatable bonds is 5. The fraction of sp³-hybridized carbons (Fsp3) is 0.579. The molecular formula is C19H23F6N3O6. The number of carboxylic acids is 2. The van der Waals surface area contributed by atoms with Crippen LogP contribution in [0.2, 0.25) is 0 Å². The lowest BCUT2D eigenvalue weighted by Crippen LogP contribution is -2.34. The molecule has 0 saturated carbocycles. The van der Waals surface area contributed by atoms with E-state index >= 15 is 0 Å². The Bertz CT molecular complexity index is 797. The van der Waals surface area contributed by atoms with Crippen molar-refractivity contribution >= 4 is 17.8 Å². The molecule has 3 heterocycles. The zero-order valence-corrected chi connectivity index (χ0v) is 17.8. The van der Waals surface area contributed by atoms with Gasteiger partial charge in [0.1, 0.15) is 0 Å². The number of carbonyl (C=O) groups is 3. The molecule has 34 heavy (non-hydrogen) atoms. The summed E-state index contributed by atoms with van der Waals surface area (Å²) >= 11 is 0. The number of carboxylic acid groups (broad SMARTS) is 2. The van der Waals surface area contributed by atoms with Gasteiger partial charge in [-0.1, -0.05) is 0 Å². The summed E-state index contributed by atoms with van der Waals surface area (Å²) in [5.74, 6) is -4.53. The average molecular weight is 503 g/mol. The highest BCUT2D eigenvalue weighted by Gasteiger charge is 2.45. The van der Waals surface area contributed by atoms with E-state index in [0.717, 1.165) is 32.7 Å². The van der Waals surface area contributed by atoms with Crippen molar-refractivity contribution in [1.29, 1.82) is 0 Å². The third kappa shape index (κ3) is 9.51. The maximum absolute atomic E-state index is 12.3. The summed E-state index contributed by atoms with van der Waals surface area (Å²) in [7, 11) is 1.68. The van der Waals surface area contributed by atoms with E-state index in [1.165, 1.54) is 5.56 Å². The minimum atomic E-state index is -5.08. The third-order valence-electron chi connectivity index (χ3n) is 4.81. The molecule has 1 aromatic rings. The number of hydrogen-bond donors (Lipinski definition) is 2. The molecule has 2 atom stereocenters. The van der Waals surface area contributed by atoms with Gasteiger partial charge in [-0.3, -0.25) is 14.7 Å². The molecule has 0 radical (unpaired) electrons. The number of nitrogens with zero attached hydrogens (tertiary/aromatic N) is 3. The SMILES string of the molecule is COCCN1C[C@@H]2CN(Cc3ccncc3)C[C@@H]2C1=O.O=C(O)C(F)(F)F.O=C(O)C(F)(F)F. The number of ether oxygens (including phenoxy) is 1. The number of fused-ring (bicyclic) bond motifs is 1. The normalized spacial score (nSPS) is 20.1. The molecule has 2 aliphatic heterocycles. The first-order valence-corrected chi connectivity index (χ1v) is 9.66. The van der Waals surface area contributed by atoms with Crippen LogP contribution in [-0.2, 0) is 25.7 Å². The summed E-state index contributed by atoms with van der Waals surface area (Å²) in [6.07, 6.45) is -6.52. The molecule has 1 amide bonds. The second-order valence-corrected chi connectivity index (χ2v) is 7.30. The Morgan fingerprint density at radius 3 is 1.94 bits per heavy atom. The van der Waals surface area contributed by atoms with Crippen LogP contribution >= 0.6 is 0 Å². The lowest BCUT2D eigenvalue weighted by Gasteiger charge is -2.21. The highest BCUT2D eigenvalue weighted by atomic mass is 19.4. The molecule has 3 rings (SSSR count). The summed E-state index contributed by atoms with van der Waals surface area (Å²) in [6.45, 7) is 5.07. The van der Waals surface area contributed by atoms with Gasteiger partial charge in [0.2, 0.25) is 5.91 Å². The van der Waals surface area contributed by atoms with E-state index in [4.69, 9.17) is 24.5 Å². The first-order chi connectivity index (χ1) is 15.7. The molecule has 2 fully saturated rings. The lowest BCUT2D eigenvalue weighted by molar-refractivity contribution is -0.193. The monoisotopic (exact) mass is 503 g/mol. The topological polar surface area (TPSA) is 120 Å². The van der Waals surface area contributed by atoms with Gasteiger partial charge in [0, 0.05) is 58.1 Å². The van der Waals surface area contributed by atoms with Crippen LogP contribution < -0.4 is 0 Å². The fourth-order valence-electron chi connectivity index (χ4n) is 3.31. The van der Waals surface area contributed by atoms with E-state index in [1.54, 1.807) is 7.11 Å². The predicted molar refractivity (Wildman–Crippen MR) is 102 cm³/mol. The van der Waals surface area contributed by atoms with Gasteiger partial charge in [-0.2, -0.15) is 26.3 Å². The van der Waals surface area contributed by atoms with Gasteiger partial charge in [0.15, 0.2) is 0 Å². The van der Waals surface area contributed by atoms with Gasteiger partial charge in [0.25, 0.3) is 0 Å². The van der Waals surface area contributed by atoms with Gasteiger partial charge in [0.05, 0.1) is 12.5 Å². The molecule has 2 N–H and O–H groups in total. The molecule has 0 aromatic carbocycles. The largest absolute Gasteiger partial charge is 0.490 e. The minimum Gasteiger partial charge on any atom is -0.475 e. The standard InChI is InChI=1S/C15H21N3O2.2C2HF3O2/c1-20-7-6-18-10-13-9-17(11-14(13)15(18)19)8-12-2-4-16-5-3-12;2*3-2(4,5)1(6)7/h2-5,13-14H,6-11H2,1H3;2*(H,6,7)/t13-,14-;;/m0../s1. The number of alkyl halides is 6. The van der Waals surface area contributed by atoms with E-state index in [2.05, 4.69) is 9.88 Å². The van der Waals surface area contributed by atoms with Gasteiger partial charge < -0.3 is 19.8 Å². The number of aliphatic carboxylic acids is 2. The Balaban J connectivity index is 0.000000343. The smallest absolute Gasteiger partial charge is 0.475 e. The molecule has 0 bridgehead atoms. The van der Waals surface area contributed by atoms with Crippen LogP contribution in [0.4, 0.5) is 26.3 Å². The van der Waals surface area contributed by atoms with Crippen molar-refractivity contribution in [2.45, 2.75) is 18.9 Å². The van der Waals surface area contributed by atoms with Crippen molar-refractivity contribution < 1.29 is 55.7 Å². The predicted octanol–water partition coefficient (Wildman–Crippen LogP) is 1.88. The molecule has 0 aliphatic carbocycles. The molecule has 15 heteroatoms. The van der Waals surface area contributed by atoms with Crippen LogP contribution in [0.1, 0.15) is 5.56 Å². The number of pyridine rings is 1. The Morgan fingerprint density at radius 1 is 1.03 bits per heavy atom. The Labute approximate surface area is 189 Å². The van der Waals surface area contributed by atoms with Crippen molar-refractivity contribution in [3.63, 3.8) is 0 Å². The second-order valence-electron chi connectivity index (χ2n) is 7.30. The van der Waals surface area contributed by atoms with Crippen molar-refractivity contribution in [1.82, 2.24) is 14.8 Å². The number of likely N-dealkylation sites (tertiary alicyclic amines) is 2. The summed E-state index contributed by atoms with van der Waals surface area (Å²) in [5, 5.41) is 14.2. The molecule has 1 aromatic heterocycles. The highest BCUT2D eigenvalue weighted by Crippen LogP contribution is 2.32. The minimum absolute atomic E-state index is 0.189. The number of aromatic nitrogens is 1. The first kappa shape index (κ1) is 29.1. The van der Waals surface area contributed by atoms with Crippen molar-refractivity contribution in [3.8, 4) is 0 Å². The van der Waals surface area contributed by atoms with E-state index in [-0.39, 0.29) is 5.92 Å². The maximum Gasteiger partial charge on any atom is 0.490 e. The number of methoxy groups -OCH3 is 1. The molecule has 192 valence electrons. The highest BCUT2D eigenvalue weighted by molar-refractivity contribution is 5.82. The van der Waals surface area contributed by atoms with Gasteiger partial charge in [-0.25, -0.2) is 9.59 Å². The fourth-order valence-corrected chi connectivity index (χ4v) is 3.31. The molecule has 2 saturated heterocycles.